The molecule has 0 spiro atoms. The highest BCUT2D eigenvalue weighted by Gasteiger charge is 2.05. The van der Waals surface area contributed by atoms with Crippen molar-refractivity contribution >= 4 is 47.8 Å². The zero-order chi connectivity index (χ0) is 9.14. The zero-order valence-corrected chi connectivity index (χ0v) is 11.1. The first kappa shape index (κ1) is 10.5. The van der Waals surface area contributed by atoms with Gasteiger partial charge in [0.2, 0.25) is 0 Å². The summed E-state index contributed by atoms with van der Waals surface area (Å²) in [5.41, 5.74) is 1.16. The summed E-state index contributed by atoms with van der Waals surface area (Å²) in [6.45, 7) is 0. The minimum Gasteiger partial charge on any atom is -0.496 e. The van der Waals surface area contributed by atoms with E-state index in [1.165, 1.54) is 0 Å². The molecule has 12 heavy (non-hydrogen) atoms. The van der Waals surface area contributed by atoms with Crippen molar-refractivity contribution in [3.63, 3.8) is 0 Å². The van der Waals surface area contributed by atoms with Gasteiger partial charge in [-0.2, -0.15) is 0 Å². The Morgan fingerprint density at radius 2 is 2.00 bits per heavy atom. The number of hydrogen-bond donors (Lipinski definition) is 0. The largest absolute Gasteiger partial charge is 0.496 e. The van der Waals surface area contributed by atoms with E-state index >= 15 is 0 Å². The Balaban J connectivity index is 3.02. The fraction of sp³-hybridized carbons (Fsp3) is 0.250. The lowest BCUT2D eigenvalue weighted by Gasteiger charge is -2.06. The standard InChI is InChI=1S/C8H7Br3O/c1-12-7-3-2-5(8(10)11)4-6(7)9/h2-4,8H,1H3. The van der Waals surface area contributed by atoms with Gasteiger partial charge in [-0.05, 0) is 33.6 Å². The molecule has 0 saturated heterocycles. The van der Waals surface area contributed by atoms with Crippen LogP contribution in [0.5, 0.6) is 5.75 Å². The zero-order valence-electron chi connectivity index (χ0n) is 6.35. The van der Waals surface area contributed by atoms with E-state index < -0.39 is 0 Å². The highest BCUT2D eigenvalue weighted by atomic mass is 79.9. The van der Waals surface area contributed by atoms with Crippen LogP contribution in [0.2, 0.25) is 0 Å². The lowest BCUT2D eigenvalue weighted by molar-refractivity contribution is 0.412. The highest BCUT2D eigenvalue weighted by Crippen LogP contribution is 2.34. The van der Waals surface area contributed by atoms with Crippen LogP contribution >= 0.6 is 47.8 Å². The van der Waals surface area contributed by atoms with Crippen molar-refractivity contribution in [1.82, 2.24) is 0 Å². The number of benzene rings is 1. The number of ether oxygens (including phenoxy) is 1. The monoisotopic (exact) mass is 356 g/mol. The van der Waals surface area contributed by atoms with Crippen molar-refractivity contribution in [2.24, 2.45) is 0 Å². The molecule has 0 aliphatic carbocycles. The predicted molar refractivity (Wildman–Crippen MR) is 61.3 cm³/mol. The molecular weight excluding hydrogens is 352 g/mol. The molecule has 0 radical (unpaired) electrons. The molecular formula is C8H7Br3O. The van der Waals surface area contributed by atoms with Gasteiger partial charge in [0.1, 0.15) is 5.75 Å². The molecule has 0 aliphatic rings. The third-order valence-electron chi connectivity index (χ3n) is 1.43. The molecule has 1 aromatic rings. The molecule has 0 saturated carbocycles. The van der Waals surface area contributed by atoms with Crippen LogP contribution < -0.4 is 4.74 Å². The summed E-state index contributed by atoms with van der Waals surface area (Å²) in [4.78, 5) is 0. The summed E-state index contributed by atoms with van der Waals surface area (Å²) in [5, 5.41) is 0. The van der Waals surface area contributed by atoms with Crippen LogP contribution in [0.25, 0.3) is 0 Å². The second-order valence-corrected chi connectivity index (χ2v) is 6.11. The maximum absolute atomic E-state index is 5.10. The minimum absolute atomic E-state index is 0.187. The van der Waals surface area contributed by atoms with E-state index in [4.69, 9.17) is 4.74 Å². The first-order valence-corrected chi connectivity index (χ1v) is 5.89. The van der Waals surface area contributed by atoms with Crippen molar-refractivity contribution in [2.45, 2.75) is 3.74 Å². The number of alkyl halides is 2. The van der Waals surface area contributed by atoms with Gasteiger partial charge in [-0.3, -0.25) is 0 Å². The molecule has 66 valence electrons. The topological polar surface area (TPSA) is 9.23 Å². The summed E-state index contributed by atoms with van der Waals surface area (Å²) >= 11 is 10.2. The SMILES string of the molecule is COc1ccc(C(Br)Br)cc1Br. The van der Waals surface area contributed by atoms with E-state index in [-0.39, 0.29) is 3.74 Å². The second kappa shape index (κ2) is 4.63. The maximum Gasteiger partial charge on any atom is 0.133 e. The van der Waals surface area contributed by atoms with E-state index in [1.807, 2.05) is 18.2 Å². The van der Waals surface area contributed by atoms with Crippen LogP contribution in [-0.4, -0.2) is 7.11 Å². The van der Waals surface area contributed by atoms with Gasteiger partial charge in [0.25, 0.3) is 0 Å². The van der Waals surface area contributed by atoms with Crippen LogP contribution in [0.1, 0.15) is 9.30 Å². The minimum atomic E-state index is 0.187. The van der Waals surface area contributed by atoms with Gasteiger partial charge in [0, 0.05) is 0 Å². The average Bonchev–Trinajstić information content (AvgIpc) is 2.04. The predicted octanol–water partition coefficient (Wildman–Crippen LogP) is 4.25. The summed E-state index contributed by atoms with van der Waals surface area (Å²) < 4.78 is 6.25. The van der Waals surface area contributed by atoms with Crippen LogP contribution in [-0.2, 0) is 0 Å². The Labute approximate surface area is 96.9 Å². The molecule has 0 unspecified atom stereocenters. The smallest absolute Gasteiger partial charge is 0.133 e. The van der Waals surface area contributed by atoms with Gasteiger partial charge in [-0.25, -0.2) is 0 Å². The summed E-state index contributed by atoms with van der Waals surface area (Å²) in [5.74, 6) is 0.847. The third kappa shape index (κ3) is 2.47. The Morgan fingerprint density at radius 3 is 2.42 bits per heavy atom. The molecule has 0 heterocycles. The van der Waals surface area contributed by atoms with Gasteiger partial charge in [-0.15, -0.1) is 0 Å². The quantitative estimate of drug-likeness (QED) is 0.718. The van der Waals surface area contributed by atoms with Crippen molar-refractivity contribution in [3.05, 3.63) is 28.2 Å². The first-order valence-electron chi connectivity index (χ1n) is 3.26. The first-order chi connectivity index (χ1) is 5.65. The van der Waals surface area contributed by atoms with Crippen LogP contribution in [0, 0.1) is 0 Å². The molecule has 1 aromatic carbocycles. The fourth-order valence-electron chi connectivity index (χ4n) is 0.818. The Hall–Kier alpha value is 0.460. The van der Waals surface area contributed by atoms with E-state index in [0.717, 1.165) is 15.8 Å². The summed E-state index contributed by atoms with van der Waals surface area (Å²) in [7, 11) is 1.65. The van der Waals surface area contributed by atoms with Crippen molar-refractivity contribution < 1.29 is 4.74 Å². The molecule has 0 aromatic heterocycles. The summed E-state index contributed by atoms with van der Waals surface area (Å²) in [6, 6.07) is 5.93. The van der Waals surface area contributed by atoms with Gasteiger partial charge in [0.15, 0.2) is 0 Å². The lowest BCUT2D eigenvalue weighted by Crippen LogP contribution is -1.86. The Bertz CT molecular complexity index is 273. The highest BCUT2D eigenvalue weighted by molar-refractivity contribution is 9.24. The van der Waals surface area contributed by atoms with E-state index in [0.29, 0.717) is 0 Å². The second-order valence-electron chi connectivity index (χ2n) is 2.19. The number of hydrogen-bond acceptors (Lipinski definition) is 1. The fourth-order valence-corrected chi connectivity index (χ4v) is 1.95. The van der Waals surface area contributed by atoms with Gasteiger partial charge in [0.05, 0.1) is 15.3 Å². The maximum atomic E-state index is 5.10. The Kier molecular flexibility index (Phi) is 4.06. The van der Waals surface area contributed by atoms with Crippen LogP contribution in [0.4, 0.5) is 0 Å². The van der Waals surface area contributed by atoms with E-state index in [9.17, 15) is 0 Å². The van der Waals surface area contributed by atoms with Crippen LogP contribution in [0.15, 0.2) is 22.7 Å². The molecule has 0 fully saturated rings. The molecule has 0 bridgehead atoms. The molecule has 1 rings (SSSR count). The van der Waals surface area contributed by atoms with Gasteiger partial charge >= 0.3 is 0 Å². The van der Waals surface area contributed by atoms with Crippen LogP contribution in [0.3, 0.4) is 0 Å². The number of rotatable bonds is 2. The molecule has 0 atom stereocenters. The summed E-state index contributed by atoms with van der Waals surface area (Å²) in [6.07, 6.45) is 0. The molecule has 0 N–H and O–H groups in total. The van der Waals surface area contributed by atoms with E-state index in [2.05, 4.69) is 47.8 Å². The lowest BCUT2D eigenvalue weighted by atomic mass is 10.2. The van der Waals surface area contributed by atoms with E-state index in [1.54, 1.807) is 7.11 Å². The number of methoxy groups -OCH3 is 1. The van der Waals surface area contributed by atoms with Crippen molar-refractivity contribution in [3.8, 4) is 5.75 Å². The third-order valence-corrected chi connectivity index (χ3v) is 3.10. The molecule has 1 nitrogen and oxygen atoms in total. The molecule has 4 heteroatoms. The molecule has 0 amide bonds. The van der Waals surface area contributed by atoms with Crippen molar-refractivity contribution in [1.29, 1.82) is 0 Å². The number of halogens is 3. The molecule has 0 aliphatic heterocycles. The normalized spacial score (nSPS) is 10.4. The average molecular weight is 359 g/mol. The van der Waals surface area contributed by atoms with Crippen molar-refractivity contribution in [2.75, 3.05) is 7.11 Å². The van der Waals surface area contributed by atoms with Gasteiger partial charge < -0.3 is 4.74 Å². The Morgan fingerprint density at radius 1 is 1.33 bits per heavy atom. The van der Waals surface area contributed by atoms with Gasteiger partial charge in [-0.1, -0.05) is 37.9 Å².